The molecule has 0 saturated carbocycles. The van der Waals surface area contributed by atoms with E-state index in [4.69, 9.17) is 0 Å². The molecular formula is C20H26N2O2S. The number of nitrogens with zero attached hydrogens (tertiary/aromatic N) is 2. The fraction of sp³-hybridized carbons (Fsp3) is 0.450. The van der Waals surface area contributed by atoms with Gasteiger partial charge in [0.1, 0.15) is 5.60 Å². The molecular weight excluding hydrogens is 332 g/mol. The van der Waals surface area contributed by atoms with Gasteiger partial charge in [0.25, 0.3) is 5.91 Å². The second-order valence-electron chi connectivity index (χ2n) is 6.89. The lowest BCUT2D eigenvalue weighted by Gasteiger charge is -2.47. The van der Waals surface area contributed by atoms with E-state index in [1.165, 1.54) is 4.88 Å². The molecule has 5 heteroatoms. The lowest BCUT2D eigenvalue weighted by atomic mass is 9.80. The number of hydrogen-bond donors (Lipinski definition) is 1. The SMILES string of the molecule is CCc1ccc(C(=O)N2CC[C@](O)(c3ccccc3)[C@H](N(C)C)C2)s1. The summed E-state index contributed by atoms with van der Waals surface area (Å²) in [6, 6.07) is 13.6. The first kappa shape index (κ1) is 18.1. The number of carbonyl (C=O) groups excluding carboxylic acids is 1. The van der Waals surface area contributed by atoms with Gasteiger partial charge in [-0.25, -0.2) is 0 Å². The van der Waals surface area contributed by atoms with E-state index >= 15 is 0 Å². The Morgan fingerprint density at radius 1 is 1.28 bits per heavy atom. The van der Waals surface area contributed by atoms with Gasteiger partial charge in [-0.2, -0.15) is 0 Å². The maximum absolute atomic E-state index is 12.9. The Labute approximate surface area is 153 Å². The van der Waals surface area contributed by atoms with Crippen LogP contribution in [-0.2, 0) is 12.0 Å². The number of rotatable bonds is 4. The van der Waals surface area contributed by atoms with Gasteiger partial charge in [0.2, 0.25) is 0 Å². The average Bonchev–Trinajstić information content (AvgIpc) is 3.11. The summed E-state index contributed by atoms with van der Waals surface area (Å²) in [6.07, 6.45) is 1.49. The molecule has 2 atom stereocenters. The van der Waals surface area contributed by atoms with Gasteiger partial charge in [0, 0.05) is 18.0 Å². The van der Waals surface area contributed by atoms with Crippen LogP contribution in [0.4, 0.5) is 0 Å². The van der Waals surface area contributed by atoms with E-state index in [-0.39, 0.29) is 11.9 Å². The first-order chi connectivity index (χ1) is 12.0. The van der Waals surface area contributed by atoms with Crippen LogP contribution in [-0.4, -0.2) is 54.0 Å². The molecule has 0 aliphatic carbocycles. The number of carbonyl (C=O) groups is 1. The number of likely N-dealkylation sites (N-methyl/N-ethyl adjacent to an activating group) is 1. The van der Waals surface area contributed by atoms with E-state index in [1.807, 2.05) is 66.4 Å². The Kier molecular flexibility index (Phi) is 5.27. The van der Waals surface area contributed by atoms with Crippen molar-refractivity contribution in [3.05, 3.63) is 57.8 Å². The van der Waals surface area contributed by atoms with E-state index in [1.54, 1.807) is 11.3 Å². The lowest BCUT2D eigenvalue weighted by Crippen LogP contribution is -2.60. The summed E-state index contributed by atoms with van der Waals surface area (Å²) >= 11 is 1.57. The summed E-state index contributed by atoms with van der Waals surface area (Å²) in [5.74, 6) is 0.0756. The number of likely N-dealkylation sites (tertiary alicyclic amines) is 1. The standard InChI is InChI=1S/C20H26N2O2S/c1-4-16-10-11-17(25-16)19(23)22-13-12-20(24,18(14-22)21(2)3)15-8-6-5-7-9-15/h5-11,18,24H,4,12-14H2,1-3H3/t18-,20+/m1/s1. The van der Waals surface area contributed by atoms with Crippen molar-refractivity contribution in [3.63, 3.8) is 0 Å². The second kappa shape index (κ2) is 7.28. The highest BCUT2D eigenvalue weighted by Gasteiger charge is 2.45. The third-order valence-corrected chi connectivity index (χ3v) is 6.33. The minimum absolute atomic E-state index is 0.0756. The van der Waals surface area contributed by atoms with E-state index < -0.39 is 5.60 Å². The molecule has 0 bridgehead atoms. The molecule has 2 heterocycles. The molecule has 1 aliphatic rings. The number of piperidine rings is 1. The molecule has 1 amide bonds. The van der Waals surface area contributed by atoms with Crippen LogP contribution in [0.3, 0.4) is 0 Å². The molecule has 1 fully saturated rings. The zero-order valence-corrected chi connectivity index (χ0v) is 15.9. The largest absolute Gasteiger partial charge is 0.383 e. The normalized spacial score (nSPS) is 23.9. The topological polar surface area (TPSA) is 43.8 Å². The van der Waals surface area contributed by atoms with Gasteiger partial charge in [0.05, 0.1) is 10.9 Å². The summed E-state index contributed by atoms with van der Waals surface area (Å²) in [5.41, 5.74) is -0.0174. The smallest absolute Gasteiger partial charge is 0.263 e. The first-order valence-corrected chi connectivity index (χ1v) is 9.59. The van der Waals surface area contributed by atoms with Crippen LogP contribution in [0.2, 0.25) is 0 Å². The fourth-order valence-corrected chi connectivity index (χ4v) is 4.52. The monoisotopic (exact) mass is 358 g/mol. The van der Waals surface area contributed by atoms with Crippen LogP contribution in [0.5, 0.6) is 0 Å². The Bertz CT molecular complexity index is 728. The summed E-state index contributed by atoms with van der Waals surface area (Å²) in [5, 5.41) is 11.4. The van der Waals surface area contributed by atoms with Gasteiger partial charge < -0.3 is 14.9 Å². The molecule has 0 spiro atoms. The highest BCUT2D eigenvalue weighted by molar-refractivity contribution is 7.14. The van der Waals surface area contributed by atoms with Gasteiger partial charge in [-0.3, -0.25) is 4.79 Å². The fourth-order valence-electron chi connectivity index (χ4n) is 3.60. The van der Waals surface area contributed by atoms with Crippen LogP contribution in [0, 0.1) is 0 Å². The maximum atomic E-state index is 12.9. The summed E-state index contributed by atoms with van der Waals surface area (Å²) in [6.45, 7) is 3.19. The van der Waals surface area contributed by atoms with Crippen molar-refractivity contribution >= 4 is 17.2 Å². The summed E-state index contributed by atoms with van der Waals surface area (Å²) < 4.78 is 0. The Balaban J connectivity index is 1.83. The molecule has 25 heavy (non-hydrogen) atoms. The van der Waals surface area contributed by atoms with Crippen molar-refractivity contribution in [2.75, 3.05) is 27.2 Å². The molecule has 1 aliphatic heterocycles. The lowest BCUT2D eigenvalue weighted by molar-refractivity contribution is -0.0809. The number of thiophene rings is 1. The highest BCUT2D eigenvalue weighted by Crippen LogP contribution is 2.36. The Morgan fingerprint density at radius 3 is 2.60 bits per heavy atom. The third kappa shape index (κ3) is 3.50. The molecule has 1 saturated heterocycles. The van der Waals surface area contributed by atoms with Crippen molar-refractivity contribution in [2.24, 2.45) is 0 Å². The van der Waals surface area contributed by atoms with Crippen molar-refractivity contribution in [3.8, 4) is 0 Å². The van der Waals surface area contributed by atoms with Crippen LogP contribution >= 0.6 is 11.3 Å². The van der Waals surface area contributed by atoms with Gasteiger partial charge in [-0.05, 0) is 44.6 Å². The van der Waals surface area contributed by atoms with Gasteiger partial charge >= 0.3 is 0 Å². The van der Waals surface area contributed by atoms with Gasteiger partial charge in [-0.15, -0.1) is 11.3 Å². The Morgan fingerprint density at radius 2 is 2.00 bits per heavy atom. The second-order valence-corrected chi connectivity index (χ2v) is 8.06. The predicted molar refractivity (Wildman–Crippen MR) is 102 cm³/mol. The molecule has 134 valence electrons. The van der Waals surface area contributed by atoms with Crippen molar-refractivity contribution in [2.45, 2.75) is 31.4 Å². The summed E-state index contributed by atoms with van der Waals surface area (Å²) in [7, 11) is 3.93. The minimum atomic E-state index is -0.939. The van der Waals surface area contributed by atoms with E-state index in [2.05, 4.69) is 6.92 Å². The van der Waals surface area contributed by atoms with E-state index in [9.17, 15) is 9.90 Å². The highest BCUT2D eigenvalue weighted by atomic mass is 32.1. The number of aliphatic hydroxyl groups is 1. The maximum Gasteiger partial charge on any atom is 0.263 e. The molecule has 1 aromatic carbocycles. The molecule has 0 unspecified atom stereocenters. The van der Waals surface area contributed by atoms with Crippen LogP contribution in [0.1, 0.15) is 33.5 Å². The molecule has 1 N–H and O–H groups in total. The van der Waals surface area contributed by atoms with E-state index in [0.29, 0.717) is 19.5 Å². The van der Waals surface area contributed by atoms with Crippen LogP contribution in [0.25, 0.3) is 0 Å². The predicted octanol–water partition coefficient (Wildman–Crippen LogP) is 2.97. The van der Waals surface area contributed by atoms with Crippen LogP contribution < -0.4 is 0 Å². The number of benzene rings is 1. The molecule has 4 nitrogen and oxygen atoms in total. The number of aryl methyl sites for hydroxylation is 1. The van der Waals surface area contributed by atoms with Crippen molar-refractivity contribution < 1.29 is 9.90 Å². The molecule has 1 aromatic heterocycles. The summed E-state index contributed by atoms with van der Waals surface area (Å²) in [4.78, 5) is 18.8. The molecule has 2 aromatic rings. The quantitative estimate of drug-likeness (QED) is 0.914. The zero-order valence-electron chi connectivity index (χ0n) is 15.1. The van der Waals surface area contributed by atoms with Gasteiger partial charge in [0.15, 0.2) is 0 Å². The number of hydrogen-bond acceptors (Lipinski definition) is 4. The van der Waals surface area contributed by atoms with Crippen molar-refractivity contribution in [1.82, 2.24) is 9.80 Å². The Hall–Kier alpha value is -1.69. The first-order valence-electron chi connectivity index (χ1n) is 8.78. The van der Waals surface area contributed by atoms with Crippen LogP contribution in [0.15, 0.2) is 42.5 Å². The zero-order chi connectivity index (χ0) is 18.0. The molecule has 3 rings (SSSR count). The minimum Gasteiger partial charge on any atom is -0.383 e. The van der Waals surface area contributed by atoms with Gasteiger partial charge in [-0.1, -0.05) is 37.3 Å². The third-order valence-electron chi connectivity index (χ3n) is 5.11. The average molecular weight is 359 g/mol. The van der Waals surface area contributed by atoms with E-state index in [0.717, 1.165) is 16.9 Å². The number of amides is 1. The van der Waals surface area contributed by atoms with Crippen molar-refractivity contribution in [1.29, 1.82) is 0 Å². The molecule has 0 radical (unpaired) electrons.